The molecule has 23 heteroatoms. The highest BCUT2D eigenvalue weighted by Gasteiger charge is 2.53. The molecule has 6 aromatic rings. The van der Waals surface area contributed by atoms with E-state index in [2.05, 4.69) is 35.2 Å². The zero-order valence-corrected chi connectivity index (χ0v) is 33.7. The standard InChI is InChI=1S/C35H34FN9O9P2S2/c1-19-23-12-22(44-17-42-27-32(44)39-16-40-34(27)49-13-20-8-4-2-5-9-20)28(19)53-55(47,57)50-14-24-29(54-56(48,58)52-23)25(36)35(51-24)45-18-41-26-30(37-15-38-31(26)45)43-33(46)21-10-6-3-7-11-21/h2-11,15-19,22-25,28-29,35H,12-14H2,1H3,(H,47,57)(H,48,58)(H,37,38,43,46)/t19-,22-,23+,24-,25-,28-,29-,35-,55?,56?/m1/s1. The molecule has 18 nitrogen and oxygen atoms in total. The van der Waals surface area contributed by atoms with Crippen molar-refractivity contribution in [2.75, 3.05) is 11.9 Å². The Morgan fingerprint density at radius 2 is 1.53 bits per heavy atom. The SMILES string of the molecule is C[C@H]1[C@H]2OP(O)(=S)OC[C@H]3O[C@@H](n4cnc5c(NC(=O)c6ccccc6)ncnc54)[C@H](F)[C@@H]3OP(O)(=S)O[C@H]1C[C@H]2n1cnc2c(OCc3ccccc3)ncnc21. The van der Waals surface area contributed by atoms with Crippen LogP contribution in [0.15, 0.2) is 86.0 Å². The molecule has 3 N–H and O–H groups in total. The number of carbonyl (C=O) groups excluding carboxylic acids is 1. The molecule has 0 spiro atoms. The van der Waals surface area contributed by atoms with Gasteiger partial charge in [0.2, 0.25) is 5.88 Å². The first-order valence-electron chi connectivity index (χ1n) is 18.0. The minimum atomic E-state index is -4.21. The molecule has 3 aliphatic rings. The largest absolute Gasteiger partial charge is 0.471 e. The monoisotopic (exact) mass is 869 g/mol. The number of nitrogens with zero attached hydrogens (tertiary/aromatic N) is 8. The number of carbonyl (C=O) groups is 1. The number of aromatic nitrogens is 8. The van der Waals surface area contributed by atoms with Gasteiger partial charge in [0.25, 0.3) is 5.91 Å². The summed E-state index contributed by atoms with van der Waals surface area (Å²) in [6.45, 7) is -6.75. The van der Waals surface area contributed by atoms with Crippen LogP contribution in [0.1, 0.15) is 41.5 Å². The van der Waals surface area contributed by atoms with Crippen molar-refractivity contribution in [2.24, 2.45) is 5.92 Å². The fraction of sp³-hybridized carbons (Fsp3) is 0.343. The first-order valence-corrected chi connectivity index (χ1v) is 23.2. The van der Waals surface area contributed by atoms with Crippen LogP contribution in [0.4, 0.5) is 10.2 Å². The normalized spacial score (nSPS) is 31.4. The Balaban J connectivity index is 0.965. The Hall–Kier alpha value is -4.24. The maximum Gasteiger partial charge on any atom is 0.325 e. The van der Waals surface area contributed by atoms with E-state index in [-0.39, 0.29) is 35.9 Å². The van der Waals surface area contributed by atoms with Crippen molar-refractivity contribution in [3.05, 3.63) is 97.1 Å². The number of hydrogen-bond acceptors (Lipinski definition) is 15. The van der Waals surface area contributed by atoms with Gasteiger partial charge in [0.1, 0.15) is 31.5 Å². The Bertz CT molecular complexity index is 2580. The smallest absolute Gasteiger partial charge is 0.325 e. The van der Waals surface area contributed by atoms with Crippen LogP contribution in [0.2, 0.25) is 0 Å². The summed E-state index contributed by atoms with van der Waals surface area (Å²) in [7, 11) is 0. The molecule has 1 saturated carbocycles. The van der Waals surface area contributed by atoms with Crippen molar-refractivity contribution in [2.45, 2.75) is 62.8 Å². The van der Waals surface area contributed by atoms with Crippen LogP contribution in [0.3, 0.4) is 0 Å². The van der Waals surface area contributed by atoms with Crippen molar-refractivity contribution >= 4 is 71.1 Å². The fourth-order valence-electron chi connectivity index (χ4n) is 7.41. The van der Waals surface area contributed by atoms with Crippen LogP contribution in [0.25, 0.3) is 22.3 Å². The molecule has 9 rings (SSSR count). The van der Waals surface area contributed by atoms with E-state index < -0.39 is 74.7 Å². The summed E-state index contributed by atoms with van der Waals surface area (Å²) < 4.78 is 55.8. The lowest BCUT2D eigenvalue weighted by atomic mass is 10.1. The molecular formula is C35H34FN9O9P2S2. The Labute approximate surface area is 339 Å². The van der Waals surface area contributed by atoms with Crippen molar-refractivity contribution in [3.63, 3.8) is 0 Å². The molecule has 1 aliphatic carbocycles. The average molecular weight is 870 g/mol. The van der Waals surface area contributed by atoms with E-state index in [1.165, 1.54) is 23.5 Å². The van der Waals surface area contributed by atoms with E-state index in [9.17, 15) is 14.6 Å². The number of fused-ring (bicyclic) bond motifs is 5. The zero-order chi connectivity index (χ0) is 40.2. The highest BCUT2D eigenvalue weighted by atomic mass is 32.5. The number of ether oxygens (including phenoxy) is 2. The molecule has 2 saturated heterocycles. The van der Waals surface area contributed by atoms with Gasteiger partial charge in [0.05, 0.1) is 37.5 Å². The lowest BCUT2D eigenvalue weighted by molar-refractivity contribution is -0.0475. The highest BCUT2D eigenvalue weighted by Crippen LogP contribution is 2.58. The van der Waals surface area contributed by atoms with Crippen LogP contribution in [-0.2, 0) is 53.1 Å². The van der Waals surface area contributed by atoms with E-state index >= 15 is 4.39 Å². The third-order valence-corrected chi connectivity index (χ3v) is 13.3. The predicted molar refractivity (Wildman–Crippen MR) is 211 cm³/mol. The second kappa shape index (κ2) is 15.7. The molecule has 2 aromatic carbocycles. The molecular weight excluding hydrogens is 836 g/mol. The molecule has 1 amide bonds. The number of alkyl halides is 1. The second-order valence-electron chi connectivity index (χ2n) is 13.8. The number of halogens is 1. The molecule has 302 valence electrons. The lowest BCUT2D eigenvalue weighted by Crippen LogP contribution is -2.35. The molecule has 3 fully saturated rings. The van der Waals surface area contributed by atoms with Crippen LogP contribution in [0.5, 0.6) is 5.88 Å². The van der Waals surface area contributed by atoms with Crippen LogP contribution >= 0.6 is 13.4 Å². The molecule has 2 bridgehead atoms. The quantitative estimate of drug-likeness (QED) is 0.182. The topological polar surface area (TPSA) is 212 Å². The zero-order valence-electron chi connectivity index (χ0n) is 30.2. The number of anilines is 1. The number of amides is 1. The van der Waals surface area contributed by atoms with Gasteiger partial charge in [-0.05, 0) is 47.7 Å². The van der Waals surface area contributed by atoms with Gasteiger partial charge in [-0.1, -0.05) is 55.5 Å². The predicted octanol–water partition coefficient (Wildman–Crippen LogP) is 4.93. The summed E-state index contributed by atoms with van der Waals surface area (Å²) in [5.74, 6) is -0.632. The molecule has 2 unspecified atom stereocenters. The van der Waals surface area contributed by atoms with Gasteiger partial charge in [-0.25, -0.2) is 29.3 Å². The van der Waals surface area contributed by atoms with Crippen LogP contribution in [-0.4, -0.2) is 91.9 Å². The van der Waals surface area contributed by atoms with Crippen LogP contribution < -0.4 is 10.1 Å². The molecule has 10 atom stereocenters. The van der Waals surface area contributed by atoms with E-state index in [1.807, 2.05) is 30.3 Å². The summed E-state index contributed by atoms with van der Waals surface area (Å²) >= 11 is 11.0. The fourth-order valence-corrected chi connectivity index (χ4v) is 10.8. The Morgan fingerprint density at radius 3 is 2.31 bits per heavy atom. The van der Waals surface area contributed by atoms with E-state index in [0.29, 0.717) is 16.7 Å². The van der Waals surface area contributed by atoms with Gasteiger partial charge in [-0.15, -0.1) is 0 Å². The van der Waals surface area contributed by atoms with Crippen molar-refractivity contribution < 1.29 is 46.5 Å². The Morgan fingerprint density at radius 1 is 0.862 bits per heavy atom. The van der Waals surface area contributed by atoms with Gasteiger partial charge in [-0.2, -0.15) is 4.98 Å². The summed E-state index contributed by atoms with van der Waals surface area (Å²) in [6.07, 6.45) is -2.40. The van der Waals surface area contributed by atoms with E-state index in [0.717, 1.165) is 5.56 Å². The summed E-state index contributed by atoms with van der Waals surface area (Å²) in [6, 6.07) is 17.5. The van der Waals surface area contributed by atoms with Gasteiger partial charge in [0, 0.05) is 11.5 Å². The number of benzene rings is 2. The third kappa shape index (κ3) is 7.68. The van der Waals surface area contributed by atoms with E-state index in [1.54, 1.807) is 48.1 Å². The molecule has 2 aliphatic heterocycles. The van der Waals surface area contributed by atoms with Crippen molar-refractivity contribution in [1.29, 1.82) is 0 Å². The van der Waals surface area contributed by atoms with Crippen molar-refractivity contribution in [3.8, 4) is 5.88 Å². The maximum absolute atomic E-state index is 16.7. The van der Waals surface area contributed by atoms with Gasteiger partial charge >= 0.3 is 13.4 Å². The van der Waals surface area contributed by atoms with Gasteiger partial charge in [-0.3, -0.25) is 13.9 Å². The summed E-state index contributed by atoms with van der Waals surface area (Å²) in [5.41, 5.74) is 2.42. The summed E-state index contributed by atoms with van der Waals surface area (Å²) in [5, 5.41) is 2.71. The minimum absolute atomic E-state index is 0.0879. The maximum atomic E-state index is 16.7. The number of nitrogens with one attached hydrogen (secondary N) is 1. The number of rotatable bonds is 7. The number of imidazole rings is 2. The Kier molecular flexibility index (Phi) is 10.6. The second-order valence-corrected chi connectivity index (χ2v) is 19.4. The average Bonchev–Trinajstić information content (AvgIpc) is 3.98. The first-order chi connectivity index (χ1) is 27.9. The molecule has 4 aromatic heterocycles. The third-order valence-electron chi connectivity index (χ3n) is 10.2. The molecule has 0 radical (unpaired) electrons. The lowest BCUT2D eigenvalue weighted by Gasteiger charge is -2.31. The van der Waals surface area contributed by atoms with Gasteiger partial charge in [0.15, 0.2) is 40.5 Å². The van der Waals surface area contributed by atoms with E-state index in [4.69, 9.17) is 51.2 Å². The summed E-state index contributed by atoms with van der Waals surface area (Å²) in [4.78, 5) is 61.9. The number of hydrogen-bond donors (Lipinski definition) is 3. The minimum Gasteiger partial charge on any atom is -0.471 e. The van der Waals surface area contributed by atoms with Crippen molar-refractivity contribution in [1.82, 2.24) is 39.0 Å². The molecule has 58 heavy (non-hydrogen) atoms. The first kappa shape index (κ1) is 39.2. The molecule has 6 heterocycles. The highest BCUT2D eigenvalue weighted by molar-refractivity contribution is 8.07. The van der Waals surface area contributed by atoms with Crippen LogP contribution in [0, 0.1) is 5.92 Å². The van der Waals surface area contributed by atoms with Gasteiger partial charge < -0.3 is 42.7 Å².